The number of carbonyl (C=O) groups is 1. The number of carbonyl (C=O) groups excluding carboxylic acids is 1. The quantitative estimate of drug-likeness (QED) is 0.721. The molecule has 3 aromatic rings. The third-order valence-electron chi connectivity index (χ3n) is 3.75. The number of H-pyrrole nitrogens is 1. The highest BCUT2D eigenvalue weighted by Crippen LogP contribution is 2.30. The monoisotopic (exact) mass is 338 g/mol. The van der Waals surface area contributed by atoms with Gasteiger partial charge >= 0.3 is 0 Å². The zero-order valence-corrected chi connectivity index (χ0v) is 14.5. The third kappa shape index (κ3) is 3.03. The molecule has 5 nitrogen and oxygen atoms in total. The number of amides is 1. The summed E-state index contributed by atoms with van der Waals surface area (Å²) in [7, 11) is 0. The molecule has 3 rings (SSSR count). The average Bonchev–Trinajstić information content (AvgIpc) is 3.20. The Morgan fingerprint density at radius 2 is 2.29 bits per heavy atom. The van der Waals surface area contributed by atoms with Crippen LogP contribution in [0.5, 0.6) is 0 Å². The van der Waals surface area contributed by atoms with Gasteiger partial charge in [0, 0.05) is 6.54 Å². The second-order valence-electron chi connectivity index (χ2n) is 5.58. The number of hydrogen-bond donors (Lipinski definition) is 1. The summed E-state index contributed by atoms with van der Waals surface area (Å²) >= 11 is 1.52. The van der Waals surface area contributed by atoms with Crippen molar-refractivity contribution in [2.24, 2.45) is 0 Å². The summed E-state index contributed by atoms with van der Waals surface area (Å²) in [4.78, 5) is 19.3. The maximum atomic E-state index is 13.0. The van der Waals surface area contributed by atoms with E-state index in [1.165, 1.54) is 23.1 Å². The van der Waals surface area contributed by atoms with E-state index in [9.17, 15) is 4.79 Å². The van der Waals surface area contributed by atoms with Crippen LogP contribution in [-0.4, -0.2) is 27.6 Å². The van der Waals surface area contributed by atoms with Crippen molar-refractivity contribution in [2.75, 3.05) is 11.4 Å². The number of rotatable bonds is 5. The van der Waals surface area contributed by atoms with Gasteiger partial charge in [0.25, 0.3) is 5.91 Å². The minimum atomic E-state index is -0.190. The molecule has 0 aliphatic heterocycles. The van der Waals surface area contributed by atoms with Gasteiger partial charge in [0.2, 0.25) is 0 Å². The summed E-state index contributed by atoms with van der Waals surface area (Å²) in [6.07, 6.45) is 8.82. The van der Waals surface area contributed by atoms with Crippen molar-refractivity contribution in [3.63, 3.8) is 0 Å². The van der Waals surface area contributed by atoms with E-state index in [0.29, 0.717) is 22.9 Å². The topological polar surface area (TPSA) is 61.9 Å². The lowest BCUT2D eigenvalue weighted by Crippen LogP contribution is -2.32. The summed E-state index contributed by atoms with van der Waals surface area (Å²) in [6.45, 7) is 4.73. The smallest absolute Gasteiger partial charge is 0.279 e. The number of fused-ring (bicyclic) bond motifs is 1. The molecule has 0 atom stereocenters. The first-order valence-electron chi connectivity index (χ1n) is 7.83. The maximum absolute atomic E-state index is 13.0. The summed E-state index contributed by atoms with van der Waals surface area (Å²) in [5.74, 6) is 2.30. The van der Waals surface area contributed by atoms with Gasteiger partial charge in [0.05, 0.1) is 22.0 Å². The summed E-state index contributed by atoms with van der Waals surface area (Å²) in [6, 6.07) is 6.09. The van der Waals surface area contributed by atoms with Crippen LogP contribution in [0, 0.1) is 19.3 Å². The van der Waals surface area contributed by atoms with Crippen LogP contribution in [0.4, 0.5) is 5.13 Å². The second-order valence-corrected chi connectivity index (χ2v) is 6.59. The lowest BCUT2D eigenvalue weighted by atomic mass is 10.2. The Morgan fingerprint density at radius 1 is 1.46 bits per heavy atom. The van der Waals surface area contributed by atoms with E-state index in [2.05, 4.69) is 34.1 Å². The SMILES string of the molecule is C#Cc1cn[nH]c1C(=O)N(CCCC)c1nc2ccc(C)cc2s1. The molecule has 0 fully saturated rings. The molecule has 1 amide bonds. The Balaban J connectivity index is 2.01. The van der Waals surface area contributed by atoms with Crippen molar-refractivity contribution >= 4 is 32.6 Å². The molecular formula is C18H18N4OS. The number of nitrogens with zero attached hydrogens (tertiary/aromatic N) is 3. The van der Waals surface area contributed by atoms with E-state index in [-0.39, 0.29) is 5.91 Å². The number of nitrogens with one attached hydrogen (secondary N) is 1. The van der Waals surface area contributed by atoms with E-state index >= 15 is 0 Å². The Hall–Kier alpha value is -2.65. The number of aryl methyl sites for hydroxylation is 1. The van der Waals surface area contributed by atoms with Crippen LogP contribution in [-0.2, 0) is 0 Å². The van der Waals surface area contributed by atoms with Gasteiger partial charge in [0.15, 0.2) is 5.13 Å². The van der Waals surface area contributed by atoms with Gasteiger partial charge in [-0.25, -0.2) is 4.98 Å². The van der Waals surface area contributed by atoms with Crippen molar-refractivity contribution in [1.82, 2.24) is 15.2 Å². The molecule has 0 radical (unpaired) electrons. The van der Waals surface area contributed by atoms with Gasteiger partial charge in [-0.3, -0.25) is 14.8 Å². The molecule has 0 spiro atoms. The molecule has 0 unspecified atom stereocenters. The predicted octanol–water partition coefficient (Wildman–Crippen LogP) is 3.76. The van der Waals surface area contributed by atoms with Crippen molar-refractivity contribution < 1.29 is 4.79 Å². The summed E-state index contributed by atoms with van der Waals surface area (Å²) in [5.41, 5.74) is 2.88. The molecule has 6 heteroatoms. The van der Waals surface area contributed by atoms with E-state index in [1.54, 1.807) is 4.90 Å². The van der Waals surface area contributed by atoms with Crippen molar-refractivity contribution in [1.29, 1.82) is 0 Å². The first kappa shape index (κ1) is 16.2. The van der Waals surface area contributed by atoms with E-state index in [4.69, 9.17) is 6.42 Å². The van der Waals surface area contributed by atoms with Crippen LogP contribution in [0.1, 0.15) is 41.4 Å². The highest BCUT2D eigenvalue weighted by Gasteiger charge is 2.24. The molecule has 0 saturated heterocycles. The lowest BCUT2D eigenvalue weighted by Gasteiger charge is -2.18. The largest absolute Gasteiger partial charge is 0.283 e. The first-order valence-corrected chi connectivity index (χ1v) is 8.64. The van der Waals surface area contributed by atoms with E-state index in [1.807, 2.05) is 19.1 Å². The number of thiazole rings is 1. The van der Waals surface area contributed by atoms with Gasteiger partial charge in [-0.1, -0.05) is 36.7 Å². The number of benzene rings is 1. The molecule has 2 heterocycles. The summed E-state index contributed by atoms with van der Waals surface area (Å²) in [5, 5.41) is 7.30. The fraction of sp³-hybridized carbons (Fsp3) is 0.278. The second kappa shape index (κ2) is 6.85. The molecule has 24 heavy (non-hydrogen) atoms. The zero-order valence-electron chi connectivity index (χ0n) is 13.7. The number of anilines is 1. The third-order valence-corrected chi connectivity index (χ3v) is 4.79. The standard InChI is InChI=1S/C18H18N4OS/c1-4-6-9-22(17(23)16-13(5-2)11-19-21-16)18-20-14-8-7-12(3)10-15(14)24-18/h2,7-8,10-11H,4,6,9H2,1,3H3,(H,19,21). The molecule has 0 saturated carbocycles. The lowest BCUT2D eigenvalue weighted by molar-refractivity contribution is 0.0981. The fourth-order valence-electron chi connectivity index (χ4n) is 2.43. The van der Waals surface area contributed by atoms with Crippen LogP contribution < -0.4 is 4.90 Å². The molecule has 1 N–H and O–H groups in total. The first-order chi connectivity index (χ1) is 11.6. The highest BCUT2D eigenvalue weighted by molar-refractivity contribution is 7.22. The van der Waals surface area contributed by atoms with E-state index in [0.717, 1.165) is 23.1 Å². The molecule has 122 valence electrons. The Morgan fingerprint density at radius 3 is 3.04 bits per heavy atom. The van der Waals surface area contributed by atoms with Crippen molar-refractivity contribution in [3.05, 3.63) is 41.2 Å². The van der Waals surface area contributed by atoms with Gasteiger partial charge in [-0.15, -0.1) is 6.42 Å². The number of aromatic amines is 1. The minimum absolute atomic E-state index is 0.190. The van der Waals surface area contributed by atoms with Crippen molar-refractivity contribution in [3.8, 4) is 12.3 Å². The Kier molecular flexibility index (Phi) is 4.63. The number of unbranched alkanes of at least 4 members (excludes halogenated alkanes) is 1. The molecule has 0 aliphatic rings. The van der Waals surface area contributed by atoms with Crippen LogP contribution in [0.15, 0.2) is 24.4 Å². The summed E-state index contributed by atoms with van der Waals surface area (Å²) < 4.78 is 1.07. The van der Waals surface area contributed by atoms with Crippen LogP contribution >= 0.6 is 11.3 Å². The van der Waals surface area contributed by atoms with Crippen LogP contribution in [0.3, 0.4) is 0 Å². The van der Waals surface area contributed by atoms with Crippen LogP contribution in [0.25, 0.3) is 10.2 Å². The Bertz CT molecular complexity index is 919. The molecular weight excluding hydrogens is 320 g/mol. The molecule has 0 bridgehead atoms. The highest BCUT2D eigenvalue weighted by atomic mass is 32.1. The molecule has 0 aliphatic carbocycles. The maximum Gasteiger partial charge on any atom is 0.279 e. The van der Waals surface area contributed by atoms with Gasteiger partial charge in [-0.2, -0.15) is 5.10 Å². The average molecular weight is 338 g/mol. The predicted molar refractivity (Wildman–Crippen MR) is 97.5 cm³/mol. The number of hydrogen-bond acceptors (Lipinski definition) is 4. The molecule has 1 aromatic carbocycles. The van der Waals surface area contributed by atoms with Gasteiger partial charge in [0.1, 0.15) is 5.69 Å². The van der Waals surface area contributed by atoms with Gasteiger partial charge < -0.3 is 0 Å². The minimum Gasteiger partial charge on any atom is -0.283 e. The Labute approximate surface area is 144 Å². The zero-order chi connectivity index (χ0) is 17.1. The normalized spacial score (nSPS) is 10.7. The van der Waals surface area contributed by atoms with Crippen LogP contribution in [0.2, 0.25) is 0 Å². The fourth-order valence-corrected chi connectivity index (χ4v) is 3.52. The van der Waals surface area contributed by atoms with Crippen molar-refractivity contribution in [2.45, 2.75) is 26.7 Å². The molecule has 2 aromatic heterocycles. The van der Waals surface area contributed by atoms with Gasteiger partial charge in [-0.05, 0) is 31.0 Å². The van der Waals surface area contributed by atoms with E-state index < -0.39 is 0 Å². The number of aromatic nitrogens is 3. The number of terminal acetylenes is 1.